The highest BCUT2D eigenvalue weighted by Gasteiger charge is 2.30. The minimum Gasteiger partial charge on any atom is -0.487 e. The molecule has 1 N–H and O–H groups in total. The fourth-order valence-electron chi connectivity index (χ4n) is 2.52. The summed E-state index contributed by atoms with van der Waals surface area (Å²) in [5.41, 5.74) is 0.479. The van der Waals surface area contributed by atoms with Crippen LogP contribution in [0.15, 0.2) is 18.2 Å². The fourth-order valence-corrected chi connectivity index (χ4v) is 3.67. The highest BCUT2D eigenvalue weighted by atomic mass is 32.2. The van der Waals surface area contributed by atoms with Crippen molar-refractivity contribution < 1.29 is 22.7 Å². The molecule has 0 bridgehead atoms. The lowest BCUT2D eigenvalue weighted by atomic mass is 9.97. The summed E-state index contributed by atoms with van der Waals surface area (Å²) in [6.07, 6.45) is 3.49. The molecule has 1 aromatic rings. The predicted octanol–water partition coefficient (Wildman–Crippen LogP) is 2.05. The second-order valence-electron chi connectivity index (χ2n) is 5.28. The van der Waals surface area contributed by atoms with Gasteiger partial charge in [0.1, 0.15) is 15.9 Å². The molecule has 2 rings (SSSR count). The maximum Gasteiger partial charge on any atom is 0.165 e. The number of hydrogen-bond acceptors (Lipinski definition) is 4. The van der Waals surface area contributed by atoms with Crippen molar-refractivity contribution >= 4 is 9.84 Å². The Bertz CT molecular complexity index is 571. The third-order valence-corrected chi connectivity index (χ3v) is 5.30. The van der Waals surface area contributed by atoms with Gasteiger partial charge in [0, 0.05) is 12.7 Å². The summed E-state index contributed by atoms with van der Waals surface area (Å²) < 4.78 is 42.5. The Morgan fingerprint density at radius 3 is 2.75 bits per heavy atom. The number of ether oxygens (including phenoxy) is 1. The summed E-state index contributed by atoms with van der Waals surface area (Å²) in [5.74, 6) is -0.417. The van der Waals surface area contributed by atoms with Crippen LogP contribution < -0.4 is 4.74 Å². The largest absolute Gasteiger partial charge is 0.487 e. The first-order chi connectivity index (χ1) is 9.40. The van der Waals surface area contributed by atoms with Gasteiger partial charge < -0.3 is 9.84 Å². The third-order valence-electron chi connectivity index (χ3n) is 3.66. The number of aliphatic hydroxyl groups is 1. The van der Waals surface area contributed by atoms with Crippen molar-refractivity contribution in [2.24, 2.45) is 0 Å². The summed E-state index contributed by atoms with van der Waals surface area (Å²) in [6.45, 7) is -0.225. The van der Waals surface area contributed by atoms with Crippen LogP contribution in [0.4, 0.5) is 4.39 Å². The van der Waals surface area contributed by atoms with E-state index in [1.54, 1.807) is 6.07 Å². The number of benzene rings is 1. The molecule has 6 heteroatoms. The molecular formula is C14H19FO4S. The molecule has 0 aliphatic heterocycles. The smallest absolute Gasteiger partial charge is 0.165 e. The quantitative estimate of drug-likeness (QED) is 0.924. The Balaban J connectivity index is 2.06. The number of hydrogen-bond donors (Lipinski definition) is 1. The molecule has 1 aromatic carbocycles. The summed E-state index contributed by atoms with van der Waals surface area (Å²) in [7, 11) is -3.08. The summed E-state index contributed by atoms with van der Waals surface area (Å²) >= 11 is 0. The van der Waals surface area contributed by atoms with Gasteiger partial charge in [0.2, 0.25) is 0 Å². The molecule has 0 radical (unpaired) electrons. The van der Waals surface area contributed by atoms with Crippen LogP contribution in [0, 0.1) is 5.82 Å². The SMILES string of the molecule is CS(=O)(=O)C1CCCC(Oc2ccc(CO)cc2F)C1. The molecule has 1 aliphatic rings. The Morgan fingerprint density at radius 1 is 1.40 bits per heavy atom. The van der Waals surface area contributed by atoms with E-state index in [9.17, 15) is 12.8 Å². The molecule has 1 aliphatic carbocycles. The molecule has 1 saturated carbocycles. The molecule has 0 spiro atoms. The second-order valence-corrected chi connectivity index (χ2v) is 7.61. The minimum atomic E-state index is -3.08. The zero-order valence-corrected chi connectivity index (χ0v) is 12.2. The molecule has 0 aromatic heterocycles. The van der Waals surface area contributed by atoms with Gasteiger partial charge in [-0.1, -0.05) is 6.07 Å². The van der Waals surface area contributed by atoms with Crippen molar-refractivity contribution in [1.82, 2.24) is 0 Å². The van der Waals surface area contributed by atoms with Crippen LogP contribution in [0.5, 0.6) is 5.75 Å². The Hall–Kier alpha value is -1.14. The molecule has 2 unspecified atom stereocenters. The Morgan fingerprint density at radius 2 is 2.15 bits per heavy atom. The maximum absolute atomic E-state index is 13.8. The molecular weight excluding hydrogens is 283 g/mol. The number of sulfone groups is 1. The molecule has 0 saturated heterocycles. The van der Waals surface area contributed by atoms with E-state index in [0.717, 1.165) is 12.8 Å². The second kappa shape index (κ2) is 6.10. The van der Waals surface area contributed by atoms with Gasteiger partial charge in [-0.05, 0) is 37.0 Å². The minimum absolute atomic E-state index is 0.112. The van der Waals surface area contributed by atoms with Crippen molar-refractivity contribution in [1.29, 1.82) is 0 Å². The topological polar surface area (TPSA) is 63.6 Å². The third kappa shape index (κ3) is 3.70. The van der Waals surface area contributed by atoms with E-state index in [4.69, 9.17) is 9.84 Å². The average Bonchev–Trinajstić information content (AvgIpc) is 2.40. The van der Waals surface area contributed by atoms with E-state index >= 15 is 0 Å². The van der Waals surface area contributed by atoms with Gasteiger partial charge in [0.05, 0.1) is 11.9 Å². The Kier molecular flexibility index (Phi) is 4.65. The predicted molar refractivity (Wildman–Crippen MR) is 73.8 cm³/mol. The van der Waals surface area contributed by atoms with Gasteiger partial charge in [0.15, 0.2) is 11.6 Å². The number of rotatable bonds is 4. The van der Waals surface area contributed by atoms with Crippen molar-refractivity contribution in [3.05, 3.63) is 29.6 Å². The summed E-state index contributed by atoms with van der Waals surface area (Å²) in [4.78, 5) is 0. The first-order valence-electron chi connectivity index (χ1n) is 6.65. The van der Waals surface area contributed by atoms with E-state index in [-0.39, 0.29) is 18.5 Å². The highest BCUT2D eigenvalue weighted by molar-refractivity contribution is 7.91. The lowest BCUT2D eigenvalue weighted by Gasteiger charge is -2.28. The summed E-state index contributed by atoms with van der Waals surface area (Å²) in [6, 6.07) is 4.30. The van der Waals surface area contributed by atoms with Crippen LogP contribution in [-0.2, 0) is 16.4 Å². The zero-order valence-electron chi connectivity index (χ0n) is 11.4. The molecule has 20 heavy (non-hydrogen) atoms. The van der Waals surface area contributed by atoms with E-state index in [1.165, 1.54) is 18.4 Å². The van der Waals surface area contributed by atoms with Gasteiger partial charge in [-0.2, -0.15) is 0 Å². The van der Waals surface area contributed by atoms with Crippen LogP contribution in [0.3, 0.4) is 0 Å². The molecule has 0 heterocycles. The van der Waals surface area contributed by atoms with E-state index < -0.39 is 20.9 Å². The van der Waals surface area contributed by atoms with Gasteiger partial charge >= 0.3 is 0 Å². The normalized spacial score (nSPS) is 23.6. The fraction of sp³-hybridized carbons (Fsp3) is 0.571. The number of aliphatic hydroxyl groups excluding tert-OH is 1. The zero-order chi connectivity index (χ0) is 14.8. The first-order valence-corrected chi connectivity index (χ1v) is 8.60. The standard InChI is InChI=1S/C14H19FO4S/c1-20(17,18)12-4-2-3-11(8-12)19-14-6-5-10(9-16)7-13(14)15/h5-7,11-12,16H,2-4,8-9H2,1H3. The van der Waals surface area contributed by atoms with Crippen molar-refractivity contribution in [3.63, 3.8) is 0 Å². The number of halogens is 1. The van der Waals surface area contributed by atoms with Crippen LogP contribution in [0.2, 0.25) is 0 Å². The van der Waals surface area contributed by atoms with Gasteiger partial charge in [-0.15, -0.1) is 0 Å². The lowest BCUT2D eigenvalue weighted by Crippen LogP contribution is -2.33. The first kappa shape index (κ1) is 15.3. The molecule has 2 atom stereocenters. The highest BCUT2D eigenvalue weighted by Crippen LogP contribution is 2.28. The maximum atomic E-state index is 13.8. The molecule has 1 fully saturated rings. The van der Waals surface area contributed by atoms with E-state index in [2.05, 4.69) is 0 Å². The van der Waals surface area contributed by atoms with Gasteiger partial charge in [-0.25, -0.2) is 12.8 Å². The van der Waals surface area contributed by atoms with Crippen LogP contribution in [-0.4, -0.2) is 31.1 Å². The molecule has 112 valence electrons. The Labute approximate surface area is 118 Å². The van der Waals surface area contributed by atoms with E-state index in [0.29, 0.717) is 18.4 Å². The van der Waals surface area contributed by atoms with Crippen LogP contribution in [0.1, 0.15) is 31.2 Å². The van der Waals surface area contributed by atoms with Crippen molar-refractivity contribution in [3.8, 4) is 5.75 Å². The molecule has 0 amide bonds. The summed E-state index contributed by atoms with van der Waals surface area (Å²) in [5, 5.41) is 8.52. The monoisotopic (exact) mass is 302 g/mol. The molecule has 4 nitrogen and oxygen atoms in total. The van der Waals surface area contributed by atoms with Gasteiger partial charge in [0.25, 0.3) is 0 Å². The van der Waals surface area contributed by atoms with Crippen molar-refractivity contribution in [2.75, 3.05) is 6.26 Å². The van der Waals surface area contributed by atoms with Crippen LogP contribution in [0.25, 0.3) is 0 Å². The van der Waals surface area contributed by atoms with Crippen LogP contribution >= 0.6 is 0 Å². The lowest BCUT2D eigenvalue weighted by molar-refractivity contribution is 0.150. The van der Waals surface area contributed by atoms with E-state index in [1.807, 2.05) is 0 Å². The van der Waals surface area contributed by atoms with Crippen molar-refractivity contribution in [2.45, 2.75) is 43.6 Å². The van der Waals surface area contributed by atoms with Gasteiger partial charge in [-0.3, -0.25) is 0 Å². The average molecular weight is 302 g/mol.